The molecule has 168 valence electrons. The van der Waals surface area contributed by atoms with Gasteiger partial charge in [0.1, 0.15) is 11.6 Å². The number of alkyl carbamates (subject to hydrolysis) is 1. The van der Waals surface area contributed by atoms with Gasteiger partial charge in [-0.05, 0) is 63.4 Å². The molecule has 6 nitrogen and oxygen atoms in total. The van der Waals surface area contributed by atoms with Crippen LogP contribution in [0.15, 0.2) is 48.5 Å². The second-order valence-corrected chi connectivity index (χ2v) is 8.88. The van der Waals surface area contributed by atoms with Crippen LogP contribution < -0.4 is 5.32 Å². The molecule has 1 heterocycles. The quantitative estimate of drug-likeness (QED) is 0.564. The zero-order chi connectivity index (χ0) is 23.5. The van der Waals surface area contributed by atoms with Gasteiger partial charge in [-0.1, -0.05) is 36.4 Å². The fourth-order valence-electron chi connectivity index (χ4n) is 3.73. The Bertz CT molecular complexity index is 1130. The highest BCUT2D eigenvalue weighted by Crippen LogP contribution is 2.31. The molecule has 0 aliphatic rings. The van der Waals surface area contributed by atoms with Gasteiger partial charge in [-0.3, -0.25) is 0 Å². The van der Waals surface area contributed by atoms with Crippen LogP contribution in [-0.2, 0) is 20.7 Å². The summed E-state index contributed by atoms with van der Waals surface area (Å²) in [5.41, 5.74) is 5.01. The topological polar surface area (TPSA) is 77.5 Å². The molecule has 0 fully saturated rings. The van der Waals surface area contributed by atoms with E-state index in [0.717, 1.165) is 38.9 Å². The van der Waals surface area contributed by atoms with Gasteiger partial charge in [-0.15, -0.1) is 0 Å². The number of ether oxygens (including phenoxy) is 2. The normalized spacial score (nSPS) is 12.3. The number of para-hydroxylation sites is 1. The van der Waals surface area contributed by atoms with E-state index >= 15 is 0 Å². The van der Waals surface area contributed by atoms with Crippen molar-refractivity contribution in [1.29, 1.82) is 0 Å². The number of carbonyl (C=O) groups excluding carboxylic acids is 2. The molecule has 6 heteroatoms. The van der Waals surface area contributed by atoms with Crippen molar-refractivity contribution in [2.45, 2.75) is 52.7 Å². The minimum absolute atomic E-state index is 0.215. The minimum atomic E-state index is -0.916. The van der Waals surface area contributed by atoms with Crippen LogP contribution in [0.3, 0.4) is 0 Å². The van der Waals surface area contributed by atoms with Crippen molar-refractivity contribution in [1.82, 2.24) is 10.3 Å². The Morgan fingerprint density at radius 1 is 1.03 bits per heavy atom. The summed E-state index contributed by atoms with van der Waals surface area (Å²) in [6.07, 6.45) is -0.456. The van der Waals surface area contributed by atoms with Gasteiger partial charge in [0.2, 0.25) is 0 Å². The molecule has 1 N–H and O–H groups in total. The maximum atomic E-state index is 12.5. The molecule has 1 atom stereocenters. The van der Waals surface area contributed by atoms with Crippen LogP contribution in [-0.4, -0.2) is 35.8 Å². The van der Waals surface area contributed by atoms with Crippen molar-refractivity contribution in [3.05, 3.63) is 65.2 Å². The van der Waals surface area contributed by atoms with Crippen molar-refractivity contribution >= 4 is 23.0 Å². The van der Waals surface area contributed by atoms with E-state index in [4.69, 9.17) is 14.5 Å². The van der Waals surface area contributed by atoms with E-state index in [1.807, 2.05) is 62.4 Å². The maximum absolute atomic E-state index is 12.5. The van der Waals surface area contributed by atoms with Crippen molar-refractivity contribution in [2.75, 3.05) is 7.11 Å². The molecule has 2 aromatic carbocycles. The summed E-state index contributed by atoms with van der Waals surface area (Å²) in [6.45, 7) is 9.39. The first kappa shape index (κ1) is 23.3. The van der Waals surface area contributed by atoms with E-state index < -0.39 is 23.7 Å². The molecule has 0 bridgehead atoms. The number of hydrogen-bond acceptors (Lipinski definition) is 5. The lowest BCUT2D eigenvalue weighted by Gasteiger charge is -2.23. The summed E-state index contributed by atoms with van der Waals surface area (Å²) in [6, 6.07) is 15.0. The van der Waals surface area contributed by atoms with E-state index in [1.165, 1.54) is 7.11 Å². The Kier molecular flexibility index (Phi) is 6.82. The largest absolute Gasteiger partial charge is 0.467 e. The average molecular weight is 435 g/mol. The molecule has 0 spiro atoms. The second kappa shape index (κ2) is 9.39. The van der Waals surface area contributed by atoms with Gasteiger partial charge in [-0.2, -0.15) is 0 Å². The highest BCUT2D eigenvalue weighted by atomic mass is 16.6. The smallest absolute Gasteiger partial charge is 0.408 e. The number of aromatic nitrogens is 1. The Hall–Kier alpha value is -3.41. The summed E-state index contributed by atoms with van der Waals surface area (Å²) in [5.74, 6) is -0.545. The Morgan fingerprint density at radius 3 is 2.31 bits per heavy atom. The van der Waals surface area contributed by atoms with Crippen LogP contribution >= 0.6 is 0 Å². The number of methoxy groups -OCH3 is 1. The van der Waals surface area contributed by atoms with Crippen LogP contribution in [0, 0.1) is 13.8 Å². The number of pyridine rings is 1. The van der Waals surface area contributed by atoms with Crippen molar-refractivity contribution in [2.24, 2.45) is 0 Å². The molecule has 1 aromatic heterocycles. The second-order valence-electron chi connectivity index (χ2n) is 8.88. The van der Waals surface area contributed by atoms with Crippen LogP contribution in [0.1, 0.15) is 37.5 Å². The number of esters is 1. The van der Waals surface area contributed by atoms with Crippen LogP contribution in [0.5, 0.6) is 0 Å². The molecule has 0 aliphatic carbocycles. The first-order valence-corrected chi connectivity index (χ1v) is 10.6. The summed E-state index contributed by atoms with van der Waals surface area (Å²) in [4.78, 5) is 29.9. The van der Waals surface area contributed by atoms with E-state index in [0.29, 0.717) is 0 Å². The molecule has 32 heavy (non-hydrogen) atoms. The Balaban J connectivity index is 2.08. The number of rotatable bonds is 5. The van der Waals surface area contributed by atoms with Crippen molar-refractivity contribution in [3.63, 3.8) is 0 Å². The Morgan fingerprint density at radius 2 is 1.69 bits per heavy atom. The molecule has 3 aromatic rings. The fourth-order valence-corrected chi connectivity index (χ4v) is 3.73. The number of carbonyl (C=O) groups is 2. The van der Waals surface area contributed by atoms with E-state index in [2.05, 4.69) is 5.32 Å². The average Bonchev–Trinajstić information content (AvgIpc) is 2.71. The van der Waals surface area contributed by atoms with Gasteiger partial charge in [0.05, 0.1) is 18.3 Å². The molecule has 0 radical (unpaired) electrons. The Labute approximate surface area is 189 Å². The summed E-state index contributed by atoms with van der Waals surface area (Å²) >= 11 is 0. The maximum Gasteiger partial charge on any atom is 0.408 e. The summed E-state index contributed by atoms with van der Waals surface area (Å²) in [7, 11) is 1.30. The van der Waals surface area contributed by atoms with Gasteiger partial charge in [0.15, 0.2) is 0 Å². The molecule has 0 saturated carbocycles. The zero-order valence-corrected chi connectivity index (χ0v) is 19.5. The third kappa shape index (κ3) is 5.44. The number of nitrogens with zero attached hydrogens (tertiary/aromatic N) is 1. The lowest BCUT2D eigenvalue weighted by atomic mass is 9.93. The number of hydrogen-bond donors (Lipinski definition) is 1. The zero-order valence-electron chi connectivity index (χ0n) is 19.5. The first-order chi connectivity index (χ1) is 15.1. The molecule has 1 amide bonds. The van der Waals surface area contributed by atoms with Gasteiger partial charge in [0, 0.05) is 17.4 Å². The summed E-state index contributed by atoms with van der Waals surface area (Å²) in [5, 5.41) is 3.62. The van der Waals surface area contributed by atoms with Crippen molar-refractivity contribution in [3.8, 4) is 11.3 Å². The predicted molar refractivity (Wildman–Crippen MR) is 126 cm³/mol. The monoisotopic (exact) mass is 434 g/mol. The fraction of sp³-hybridized carbons (Fsp3) is 0.346. The van der Waals surface area contributed by atoms with E-state index in [-0.39, 0.29) is 6.42 Å². The van der Waals surface area contributed by atoms with E-state index in [1.54, 1.807) is 20.8 Å². The highest BCUT2D eigenvalue weighted by Gasteiger charge is 2.27. The van der Waals surface area contributed by atoms with Gasteiger partial charge >= 0.3 is 12.1 Å². The molecule has 0 aliphatic heterocycles. The number of fused-ring (bicyclic) bond motifs is 1. The standard InChI is InChI=1S/C26H30N2O4/c1-16-10-9-11-17(2)22(16)23-19(14-18-12-7-8-13-20(18)27-23)15-21(24(29)31-6)28-25(30)32-26(3,4)5/h7-14,21H,15H2,1-6H3,(H,28,30)/t21-/m0/s1. The SMILES string of the molecule is COC(=O)[C@H](Cc1cc2ccccc2nc1-c1c(C)cccc1C)NC(=O)OC(C)(C)C. The van der Waals surface area contributed by atoms with Crippen LogP contribution in [0.25, 0.3) is 22.2 Å². The summed E-state index contributed by atoms with van der Waals surface area (Å²) < 4.78 is 10.3. The van der Waals surface area contributed by atoms with Gasteiger partial charge in [0.25, 0.3) is 0 Å². The predicted octanol–water partition coefficient (Wildman–Crippen LogP) is 5.13. The molecule has 0 saturated heterocycles. The number of amides is 1. The highest BCUT2D eigenvalue weighted by molar-refractivity contribution is 5.86. The number of aryl methyl sites for hydroxylation is 2. The first-order valence-electron chi connectivity index (χ1n) is 10.6. The van der Waals surface area contributed by atoms with Crippen LogP contribution in [0.2, 0.25) is 0 Å². The third-order valence-corrected chi connectivity index (χ3v) is 5.12. The van der Waals surface area contributed by atoms with Gasteiger partial charge in [-0.25, -0.2) is 14.6 Å². The van der Waals surface area contributed by atoms with Gasteiger partial charge < -0.3 is 14.8 Å². The molecular weight excluding hydrogens is 404 g/mol. The third-order valence-electron chi connectivity index (χ3n) is 5.12. The molecule has 0 unspecified atom stereocenters. The lowest BCUT2D eigenvalue weighted by Crippen LogP contribution is -2.45. The van der Waals surface area contributed by atoms with Crippen LogP contribution in [0.4, 0.5) is 4.79 Å². The number of benzene rings is 2. The van der Waals surface area contributed by atoms with Crippen molar-refractivity contribution < 1.29 is 19.1 Å². The minimum Gasteiger partial charge on any atom is -0.467 e. The molecule has 3 rings (SSSR count). The van der Waals surface area contributed by atoms with E-state index in [9.17, 15) is 9.59 Å². The lowest BCUT2D eigenvalue weighted by molar-refractivity contribution is -0.143. The molecular formula is C26H30N2O4. The number of nitrogens with one attached hydrogen (secondary N) is 1.